The van der Waals surface area contributed by atoms with Crippen LogP contribution in [-0.2, 0) is 0 Å². The second-order valence-electron chi connectivity index (χ2n) is 6.65. The Labute approximate surface area is 156 Å². The van der Waals surface area contributed by atoms with Gasteiger partial charge in [-0.1, -0.05) is 66.7 Å². The van der Waals surface area contributed by atoms with Crippen molar-refractivity contribution < 1.29 is 9.21 Å². The summed E-state index contributed by atoms with van der Waals surface area (Å²) in [6.07, 6.45) is 0. The summed E-state index contributed by atoms with van der Waals surface area (Å²) < 4.78 is 5.54. The van der Waals surface area contributed by atoms with Gasteiger partial charge in [-0.3, -0.25) is 4.79 Å². The summed E-state index contributed by atoms with van der Waals surface area (Å²) in [4.78, 5) is 26.2. The molecule has 0 N–H and O–H groups in total. The highest BCUT2D eigenvalue weighted by Crippen LogP contribution is 2.32. The summed E-state index contributed by atoms with van der Waals surface area (Å²) >= 11 is 0. The van der Waals surface area contributed by atoms with Crippen molar-refractivity contribution in [3.05, 3.63) is 105 Å². The molecule has 132 valence electrons. The van der Waals surface area contributed by atoms with Gasteiger partial charge in [0.1, 0.15) is 11.1 Å². The number of aryl methyl sites for hydroxylation is 2. The predicted molar refractivity (Wildman–Crippen MR) is 107 cm³/mol. The SMILES string of the molecule is Cc1ccc2c(-c3ccccc3)c(C(=O)c3ccccc3C)c(=O)oc2c1. The summed E-state index contributed by atoms with van der Waals surface area (Å²) in [6.45, 7) is 3.80. The number of benzene rings is 3. The fourth-order valence-electron chi connectivity index (χ4n) is 3.38. The standard InChI is InChI=1S/C24H18O3/c1-15-12-13-19-20(14-15)27-24(26)22(21(19)17-9-4-3-5-10-17)23(25)18-11-7-6-8-16(18)2/h3-14H,1-2H3. The van der Waals surface area contributed by atoms with Gasteiger partial charge in [0.05, 0.1) is 0 Å². The van der Waals surface area contributed by atoms with Gasteiger partial charge in [-0.2, -0.15) is 0 Å². The molecular formula is C24H18O3. The molecule has 0 amide bonds. The lowest BCUT2D eigenvalue weighted by Gasteiger charge is -2.12. The van der Waals surface area contributed by atoms with Gasteiger partial charge in [0.15, 0.2) is 0 Å². The Morgan fingerprint density at radius 1 is 0.852 bits per heavy atom. The van der Waals surface area contributed by atoms with E-state index in [4.69, 9.17) is 4.42 Å². The van der Waals surface area contributed by atoms with Crippen LogP contribution in [0.3, 0.4) is 0 Å². The average Bonchev–Trinajstić information content (AvgIpc) is 2.67. The monoisotopic (exact) mass is 354 g/mol. The molecule has 3 nitrogen and oxygen atoms in total. The first-order valence-electron chi connectivity index (χ1n) is 8.79. The third-order valence-electron chi connectivity index (χ3n) is 4.74. The summed E-state index contributed by atoms with van der Waals surface area (Å²) in [5.41, 5.74) is 3.71. The first-order chi connectivity index (χ1) is 13.1. The third-order valence-corrected chi connectivity index (χ3v) is 4.74. The molecule has 0 bridgehead atoms. The Balaban J connectivity index is 2.10. The number of ketones is 1. The van der Waals surface area contributed by atoms with Gasteiger partial charge in [-0.25, -0.2) is 4.79 Å². The molecule has 1 aromatic heterocycles. The van der Waals surface area contributed by atoms with Crippen molar-refractivity contribution in [1.29, 1.82) is 0 Å². The van der Waals surface area contributed by atoms with E-state index in [-0.39, 0.29) is 11.3 Å². The molecule has 0 spiro atoms. The van der Waals surface area contributed by atoms with Gasteiger partial charge in [0.2, 0.25) is 5.78 Å². The van der Waals surface area contributed by atoms with Crippen LogP contribution in [0.5, 0.6) is 0 Å². The maximum Gasteiger partial charge on any atom is 0.348 e. The van der Waals surface area contributed by atoms with Crippen LogP contribution in [-0.4, -0.2) is 5.78 Å². The minimum absolute atomic E-state index is 0.0758. The van der Waals surface area contributed by atoms with E-state index in [0.29, 0.717) is 16.7 Å². The Hall–Kier alpha value is -3.46. The lowest BCUT2D eigenvalue weighted by Crippen LogP contribution is -2.18. The Morgan fingerprint density at radius 2 is 1.56 bits per heavy atom. The van der Waals surface area contributed by atoms with Gasteiger partial charge in [0, 0.05) is 16.5 Å². The van der Waals surface area contributed by atoms with Crippen molar-refractivity contribution in [2.24, 2.45) is 0 Å². The predicted octanol–water partition coefficient (Wildman–Crippen LogP) is 5.31. The van der Waals surface area contributed by atoms with Gasteiger partial charge in [0.25, 0.3) is 0 Å². The van der Waals surface area contributed by atoms with E-state index in [9.17, 15) is 9.59 Å². The fourth-order valence-corrected chi connectivity index (χ4v) is 3.38. The molecular weight excluding hydrogens is 336 g/mol. The maximum absolute atomic E-state index is 13.3. The Kier molecular flexibility index (Phi) is 4.21. The molecule has 4 rings (SSSR count). The van der Waals surface area contributed by atoms with E-state index in [2.05, 4.69) is 0 Å². The van der Waals surface area contributed by atoms with Crippen molar-refractivity contribution in [3.63, 3.8) is 0 Å². The van der Waals surface area contributed by atoms with Crippen LogP contribution in [0.2, 0.25) is 0 Å². The molecule has 0 radical (unpaired) electrons. The van der Waals surface area contributed by atoms with Crippen molar-refractivity contribution in [2.45, 2.75) is 13.8 Å². The summed E-state index contributed by atoms with van der Waals surface area (Å²) in [7, 11) is 0. The highest BCUT2D eigenvalue weighted by Gasteiger charge is 2.24. The van der Waals surface area contributed by atoms with Gasteiger partial charge in [-0.15, -0.1) is 0 Å². The zero-order valence-corrected chi connectivity index (χ0v) is 15.2. The van der Waals surface area contributed by atoms with E-state index < -0.39 is 5.63 Å². The molecule has 0 aliphatic rings. The lowest BCUT2D eigenvalue weighted by atomic mass is 9.91. The smallest absolute Gasteiger partial charge is 0.348 e. The lowest BCUT2D eigenvalue weighted by molar-refractivity contribution is 0.103. The van der Waals surface area contributed by atoms with Crippen LogP contribution in [0.25, 0.3) is 22.1 Å². The van der Waals surface area contributed by atoms with Gasteiger partial charge in [-0.05, 0) is 36.6 Å². The van der Waals surface area contributed by atoms with Crippen LogP contribution < -0.4 is 5.63 Å². The minimum atomic E-state index is -0.611. The topological polar surface area (TPSA) is 47.3 Å². The highest BCUT2D eigenvalue weighted by molar-refractivity contribution is 6.16. The number of fused-ring (bicyclic) bond motifs is 1. The molecule has 0 atom stereocenters. The third kappa shape index (κ3) is 2.97. The first kappa shape index (κ1) is 17.0. The Morgan fingerprint density at radius 3 is 2.30 bits per heavy atom. The van der Waals surface area contributed by atoms with Crippen LogP contribution in [0, 0.1) is 13.8 Å². The van der Waals surface area contributed by atoms with E-state index in [1.807, 2.05) is 74.5 Å². The molecule has 1 heterocycles. The fraction of sp³-hybridized carbons (Fsp3) is 0.0833. The normalized spacial score (nSPS) is 10.9. The van der Waals surface area contributed by atoms with E-state index in [1.54, 1.807) is 12.1 Å². The Bertz CT molecular complexity index is 1220. The number of carbonyl (C=O) groups excluding carboxylic acids is 1. The molecule has 0 saturated heterocycles. The maximum atomic E-state index is 13.3. The molecule has 27 heavy (non-hydrogen) atoms. The molecule has 3 heteroatoms. The molecule has 3 aromatic carbocycles. The second-order valence-corrected chi connectivity index (χ2v) is 6.65. The number of hydrogen-bond acceptors (Lipinski definition) is 3. The van der Waals surface area contributed by atoms with Crippen molar-refractivity contribution in [1.82, 2.24) is 0 Å². The number of carbonyl (C=O) groups is 1. The quantitative estimate of drug-likeness (QED) is 0.370. The molecule has 0 aliphatic carbocycles. The first-order valence-corrected chi connectivity index (χ1v) is 8.79. The van der Waals surface area contributed by atoms with E-state index in [0.717, 1.165) is 22.1 Å². The average molecular weight is 354 g/mol. The molecule has 0 aliphatic heterocycles. The summed E-state index contributed by atoms with van der Waals surface area (Å²) in [5, 5.41) is 0.753. The van der Waals surface area contributed by atoms with Gasteiger partial charge >= 0.3 is 5.63 Å². The molecule has 0 saturated carbocycles. The molecule has 4 aromatic rings. The van der Waals surface area contributed by atoms with Crippen LogP contribution in [0.4, 0.5) is 0 Å². The second kappa shape index (κ2) is 6.69. The summed E-state index contributed by atoms with van der Waals surface area (Å²) in [6, 6.07) is 22.5. The summed E-state index contributed by atoms with van der Waals surface area (Å²) in [5.74, 6) is -0.317. The van der Waals surface area contributed by atoms with Crippen molar-refractivity contribution >= 4 is 16.8 Å². The zero-order chi connectivity index (χ0) is 19.0. The van der Waals surface area contributed by atoms with Gasteiger partial charge < -0.3 is 4.42 Å². The molecule has 0 unspecified atom stereocenters. The van der Waals surface area contributed by atoms with Crippen LogP contribution in [0.15, 0.2) is 82.0 Å². The van der Waals surface area contributed by atoms with E-state index in [1.165, 1.54) is 0 Å². The van der Waals surface area contributed by atoms with Crippen LogP contribution in [0.1, 0.15) is 27.0 Å². The highest BCUT2D eigenvalue weighted by atomic mass is 16.4. The van der Waals surface area contributed by atoms with Crippen LogP contribution >= 0.6 is 0 Å². The molecule has 0 fully saturated rings. The minimum Gasteiger partial charge on any atom is -0.422 e. The number of rotatable bonds is 3. The van der Waals surface area contributed by atoms with Crippen molar-refractivity contribution in [2.75, 3.05) is 0 Å². The van der Waals surface area contributed by atoms with Crippen molar-refractivity contribution in [3.8, 4) is 11.1 Å². The number of hydrogen-bond donors (Lipinski definition) is 0. The van der Waals surface area contributed by atoms with E-state index >= 15 is 0 Å². The largest absolute Gasteiger partial charge is 0.422 e. The zero-order valence-electron chi connectivity index (χ0n) is 15.2.